The lowest BCUT2D eigenvalue weighted by Gasteiger charge is -2.21. The maximum atomic E-state index is 12.6. The van der Waals surface area contributed by atoms with Crippen molar-refractivity contribution < 1.29 is 14.3 Å². The minimum Gasteiger partial charge on any atom is -0.467 e. The molecule has 0 saturated carbocycles. The van der Waals surface area contributed by atoms with Crippen LogP contribution in [0.3, 0.4) is 0 Å². The number of hydrogen-bond acceptors (Lipinski definition) is 3. The van der Waals surface area contributed by atoms with Crippen molar-refractivity contribution in [3.8, 4) is 0 Å². The number of aliphatic hydroxyl groups is 1. The molecule has 0 bridgehead atoms. The van der Waals surface area contributed by atoms with Crippen LogP contribution in [-0.4, -0.2) is 17.1 Å². The van der Waals surface area contributed by atoms with Gasteiger partial charge in [-0.2, -0.15) is 0 Å². The molecule has 1 amide bonds. The standard InChI is InChI=1S/C19H25NO3/c1-3-8-16(15-9-5-4-6-10-15)19(22)20-14(2)13-17(21)18-11-7-12-23-18/h4-7,9-12,14,16-17,21H,3,8,13H2,1-2H3,(H,20,22). The summed E-state index contributed by atoms with van der Waals surface area (Å²) in [5.41, 5.74) is 1.03. The number of benzene rings is 1. The quantitative estimate of drug-likeness (QED) is 0.779. The van der Waals surface area contributed by atoms with Gasteiger partial charge in [-0.25, -0.2) is 0 Å². The van der Waals surface area contributed by atoms with Crippen LogP contribution in [-0.2, 0) is 4.79 Å². The lowest BCUT2D eigenvalue weighted by molar-refractivity contribution is -0.123. The van der Waals surface area contributed by atoms with Gasteiger partial charge in [-0.3, -0.25) is 4.79 Å². The van der Waals surface area contributed by atoms with Crippen molar-refractivity contribution in [3.05, 3.63) is 60.1 Å². The smallest absolute Gasteiger partial charge is 0.227 e. The summed E-state index contributed by atoms with van der Waals surface area (Å²) in [5.74, 6) is 0.390. The highest BCUT2D eigenvalue weighted by molar-refractivity contribution is 5.83. The minimum atomic E-state index is -0.707. The average Bonchev–Trinajstić information content (AvgIpc) is 3.07. The van der Waals surface area contributed by atoms with Gasteiger partial charge >= 0.3 is 0 Å². The van der Waals surface area contributed by atoms with Gasteiger partial charge in [0.15, 0.2) is 0 Å². The zero-order valence-electron chi connectivity index (χ0n) is 13.7. The third-order valence-corrected chi connectivity index (χ3v) is 3.93. The fourth-order valence-corrected chi connectivity index (χ4v) is 2.76. The van der Waals surface area contributed by atoms with Gasteiger partial charge in [0.05, 0.1) is 12.2 Å². The van der Waals surface area contributed by atoms with Gasteiger partial charge in [-0.1, -0.05) is 43.7 Å². The molecule has 0 spiro atoms. The van der Waals surface area contributed by atoms with Gasteiger partial charge in [-0.15, -0.1) is 0 Å². The highest BCUT2D eigenvalue weighted by Gasteiger charge is 2.22. The van der Waals surface area contributed by atoms with Crippen LogP contribution in [0.15, 0.2) is 53.1 Å². The van der Waals surface area contributed by atoms with E-state index in [9.17, 15) is 9.90 Å². The van der Waals surface area contributed by atoms with Crippen molar-refractivity contribution in [2.24, 2.45) is 0 Å². The van der Waals surface area contributed by atoms with Crippen LogP contribution in [0.1, 0.15) is 56.5 Å². The number of rotatable bonds is 8. The normalized spacial score (nSPS) is 14.9. The molecule has 0 aliphatic carbocycles. The Hall–Kier alpha value is -2.07. The minimum absolute atomic E-state index is 0.0113. The molecule has 1 aromatic heterocycles. The molecule has 23 heavy (non-hydrogen) atoms. The molecule has 3 atom stereocenters. The molecule has 0 radical (unpaired) electrons. The number of carbonyl (C=O) groups excluding carboxylic acids is 1. The van der Waals surface area contributed by atoms with Gasteiger partial charge in [-0.05, 0) is 31.0 Å². The zero-order chi connectivity index (χ0) is 16.7. The van der Waals surface area contributed by atoms with Crippen molar-refractivity contribution in [1.29, 1.82) is 0 Å². The predicted molar refractivity (Wildman–Crippen MR) is 90.0 cm³/mol. The molecule has 0 aliphatic heterocycles. The van der Waals surface area contributed by atoms with Gasteiger partial charge in [0.2, 0.25) is 5.91 Å². The second kappa shape index (κ2) is 8.53. The molecule has 2 aromatic rings. The summed E-state index contributed by atoms with van der Waals surface area (Å²) in [6, 6.07) is 13.2. The Bertz CT molecular complexity index is 580. The Morgan fingerprint density at radius 3 is 2.57 bits per heavy atom. The molecule has 4 nitrogen and oxygen atoms in total. The Kier molecular flexibility index (Phi) is 6.41. The first-order valence-electron chi connectivity index (χ1n) is 8.18. The predicted octanol–water partition coefficient (Wildman–Crippen LogP) is 3.79. The maximum absolute atomic E-state index is 12.6. The van der Waals surface area contributed by atoms with Crippen LogP contribution in [0, 0.1) is 0 Å². The number of hydrogen-bond donors (Lipinski definition) is 2. The van der Waals surface area contributed by atoms with E-state index in [4.69, 9.17) is 4.42 Å². The molecule has 2 rings (SSSR count). The molecule has 1 heterocycles. The summed E-state index contributed by atoms with van der Waals surface area (Å²) in [6.07, 6.45) is 3.00. The molecule has 1 aromatic carbocycles. The molecule has 0 fully saturated rings. The van der Waals surface area contributed by atoms with Gasteiger partial charge < -0.3 is 14.8 Å². The van der Waals surface area contributed by atoms with Crippen LogP contribution in [0.25, 0.3) is 0 Å². The van der Waals surface area contributed by atoms with E-state index in [1.165, 1.54) is 6.26 Å². The molecule has 0 saturated heterocycles. The number of aliphatic hydroxyl groups excluding tert-OH is 1. The third-order valence-electron chi connectivity index (χ3n) is 3.93. The largest absolute Gasteiger partial charge is 0.467 e. The molecule has 4 heteroatoms. The first-order chi connectivity index (χ1) is 11.1. The van der Waals surface area contributed by atoms with Crippen molar-refractivity contribution >= 4 is 5.91 Å². The van der Waals surface area contributed by atoms with E-state index in [-0.39, 0.29) is 17.9 Å². The fourth-order valence-electron chi connectivity index (χ4n) is 2.76. The number of amides is 1. The topological polar surface area (TPSA) is 62.5 Å². The summed E-state index contributed by atoms with van der Waals surface area (Å²) in [5, 5.41) is 13.1. The van der Waals surface area contributed by atoms with Gasteiger partial charge in [0, 0.05) is 12.5 Å². The Morgan fingerprint density at radius 1 is 1.22 bits per heavy atom. The first kappa shape index (κ1) is 17.3. The molecule has 124 valence electrons. The van der Waals surface area contributed by atoms with E-state index in [0.717, 1.165) is 18.4 Å². The second-order valence-corrected chi connectivity index (χ2v) is 5.93. The molecule has 3 unspecified atom stereocenters. The van der Waals surface area contributed by atoms with Gasteiger partial charge in [0.1, 0.15) is 11.9 Å². The Morgan fingerprint density at radius 2 is 1.96 bits per heavy atom. The summed E-state index contributed by atoms with van der Waals surface area (Å²) < 4.78 is 5.19. The molecule has 2 N–H and O–H groups in total. The first-order valence-corrected chi connectivity index (χ1v) is 8.18. The van der Waals surface area contributed by atoms with Crippen LogP contribution in [0.2, 0.25) is 0 Å². The monoisotopic (exact) mass is 315 g/mol. The highest BCUT2D eigenvalue weighted by Crippen LogP contribution is 2.23. The van der Waals surface area contributed by atoms with E-state index in [2.05, 4.69) is 12.2 Å². The lowest BCUT2D eigenvalue weighted by Crippen LogP contribution is -2.37. The summed E-state index contributed by atoms with van der Waals surface area (Å²) in [7, 11) is 0. The Labute approximate surface area is 137 Å². The zero-order valence-corrected chi connectivity index (χ0v) is 13.7. The van der Waals surface area contributed by atoms with E-state index in [1.807, 2.05) is 37.3 Å². The van der Waals surface area contributed by atoms with E-state index in [0.29, 0.717) is 12.2 Å². The average molecular weight is 315 g/mol. The lowest BCUT2D eigenvalue weighted by atomic mass is 9.93. The maximum Gasteiger partial charge on any atom is 0.227 e. The number of nitrogens with one attached hydrogen (secondary N) is 1. The summed E-state index contributed by atoms with van der Waals surface area (Å²) >= 11 is 0. The SMILES string of the molecule is CCCC(C(=O)NC(C)CC(O)c1ccco1)c1ccccc1. The third kappa shape index (κ3) is 4.96. The summed E-state index contributed by atoms with van der Waals surface area (Å²) in [6.45, 7) is 3.98. The number of furan rings is 1. The Balaban J connectivity index is 1.95. The van der Waals surface area contributed by atoms with Crippen LogP contribution < -0.4 is 5.32 Å². The van der Waals surface area contributed by atoms with Crippen molar-refractivity contribution in [2.45, 2.75) is 51.2 Å². The molecular formula is C19H25NO3. The van der Waals surface area contributed by atoms with E-state index in [1.54, 1.807) is 12.1 Å². The van der Waals surface area contributed by atoms with Crippen LogP contribution in [0.4, 0.5) is 0 Å². The van der Waals surface area contributed by atoms with Gasteiger partial charge in [0.25, 0.3) is 0 Å². The highest BCUT2D eigenvalue weighted by atomic mass is 16.4. The van der Waals surface area contributed by atoms with Crippen molar-refractivity contribution in [1.82, 2.24) is 5.32 Å². The van der Waals surface area contributed by atoms with Crippen molar-refractivity contribution in [3.63, 3.8) is 0 Å². The second-order valence-electron chi connectivity index (χ2n) is 5.93. The fraction of sp³-hybridized carbons (Fsp3) is 0.421. The van der Waals surface area contributed by atoms with E-state index < -0.39 is 6.10 Å². The summed E-state index contributed by atoms with van der Waals surface area (Å²) in [4.78, 5) is 12.6. The molecular weight excluding hydrogens is 290 g/mol. The van der Waals surface area contributed by atoms with Crippen molar-refractivity contribution in [2.75, 3.05) is 0 Å². The van der Waals surface area contributed by atoms with Crippen LogP contribution in [0.5, 0.6) is 0 Å². The number of carbonyl (C=O) groups is 1. The molecule has 0 aliphatic rings. The van der Waals surface area contributed by atoms with Crippen LogP contribution >= 0.6 is 0 Å². The van der Waals surface area contributed by atoms with E-state index >= 15 is 0 Å².